The van der Waals surface area contributed by atoms with Crippen molar-refractivity contribution < 1.29 is 14.6 Å². The molecule has 18 heavy (non-hydrogen) atoms. The topological polar surface area (TPSA) is 46.5 Å². The molecule has 0 radical (unpaired) electrons. The Morgan fingerprint density at radius 3 is 2.44 bits per heavy atom. The van der Waals surface area contributed by atoms with Crippen molar-refractivity contribution in [1.29, 1.82) is 0 Å². The maximum atomic E-state index is 11.3. The van der Waals surface area contributed by atoms with Gasteiger partial charge in [0.05, 0.1) is 8.80 Å². The van der Waals surface area contributed by atoms with Gasteiger partial charge in [-0.25, -0.2) is 4.79 Å². The minimum Gasteiger partial charge on any atom is -0.478 e. The van der Waals surface area contributed by atoms with E-state index in [4.69, 9.17) is 4.74 Å². The summed E-state index contributed by atoms with van der Waals surface area (Å²) in [6.45, 7) is 11.2. The van der Waals surface area contributed by atoms with Crippen LogP contribution in [0.5, 0.6) is 0 Å². The van der Waals surface area contributed by atoms with Crippen LogP contribution in [0, 0.1) is 11.3 Å². The maximum absolute atomic E-state index is 11.3. The summed E-state index contributed by atoms with van der Waals surface area (Å²) in [5.74, 6) is -0.420. The zero-order valence-corrected chi connectivity index (χ0v) is 13.3. The Hall–Kier alpha value is -0.613. The summed E-state index contributed by atoms with van der Waals surface area (Å²) in [5.41, 5.74) is 0.642. The number of rotatable bonds is 3. The first-order valence-electron chi connectivity index (χ1n) is 6.79. The zero-order chi connectivity index (χ0) is 13.9. The van der Waals surface area contributed by atoms with E-state index in [1.807, 2.05) is 26.8 Å². The molecule has 0 aromatic carbocycles. The van der Waals surface area contributed by atoms with Gasteiger partial charge in [-0.05, 0) is 24.2 Å². The number of carboxylic acid groups (broad SMARTS) is 1. The first-order valence-corrected chi connectivity index (χ1v) is 9.76. The Kier molecular flexibility index (Phi) is 5.17. The van der Waals surface area contributed by atoms with Crippen LogP contribution in [0.1, 0.15) is 33.6 Å². The van der Waals surface area contributed by atoms with Crippen molar-refractivity contribution in [2.24, 2.45) is 11.3 Å². The van der Waals surface area contributed by atoms with Gasteiger partial charge in [0.2, 0.25) is 0 Å². The number of allylic oxidation sites excluding steroid dienone is 1. The Morgan fingerprint density at radius 2 is 2.00 bits per heavy atom. The molecule has 0 bridgehead atoms. The second kappa shape index (κ2) is 6.02. The second-order valence-corrected chi connectivity index (χ2v) is 9.80. The van der Waals surface area contributed by atoms with Crippen LogP contribution in [0.4, 0.5) is 0 Å². The van der Waals surface area contributed by atoms with E-state index in [2.05, 4.69) is 13.1 Å². The first kappa shape index (κ1) is 15.4. The highest BCUT2D eigenvalue weighted by Crippen LogP contribution is 2.30. The third-order valence-corrected chi connectivity index (χ3v) is 5.49. The molecule has 1 fully saturated rings. The summed E-state index contributed by atoms with van der Waals surface area (Å²) < 4.78 is 5.78. The quantitative estimate of drug-likeness (QED) is 0.633. The molecular formula is C14H26O3Si. The molecule has 2 atom stereocenters. The third kappa shape index (κ3) is 4.25. The Balaban J connectivity index is 2.82. The van der Waals surface area contributed by atoms with Crippen molar-refractivity contribution >= 4 is 14.8 Å². The molecule has 0 aliphatic carbocycles. The molecule has 1 N–H and O–H groups in total. The van der Waals surface area contributed by atoms with Gasteiger partial charge in [-0.2, -0.15) is 0 Å². The monoisotopic (exact) mass is 270 g/mol. The largest absolute Gasteiger partial charge is 0.478 e. The summed E-state index contributed by atoms with van der Waals surface area (Å²) in [4.78, 5) is 11.3. The van der Waals surface area contributed by atoms with Gasteiger partial charge in [0.1, 0.15) is 0 Å². The van der Waals surface area contributed by atoms with Crippen LogP contribution >= 0.6 is 0 Å². The van der Waals surface area contributed by atoms with Crippen LogP contribution in [-0.2, 0) is 9.53 Å². The first-order chi connectivity index (χ1) is 8.21. The van der Waals surface area contributed by atoms with E-state index in [9.17, 15) is 9.90 Å². The molecule has 4 heteroatoms. The number of carboxylic acids is 1. The zero-order valence-electron chi connectivity index (χ0n) is 12.2. The Bertz CT molecular complexity index is 328. The van der Waals surface area contributed by atoms with Crippen LogP contribution < -0.4 is 0 Å². The fourth-order valence-electron chi connectivity index (χ4n) is 2.35. The molecule has 1 rings (SSSR count). The van der Waals surface area contributed by atoms with Crippen molar-refractivity contribution in [3.05, 3.63) is 11.6 Å². The fourth-order valence-corrected chi connectivity index (χ4v) is 3.76. The molecular weight excluding hydrogens is 244 g/mol. The van der Waals surface area contributed by atoms with E-state index >= 15 is 0 Å². The predicted octanol–water partition coefficient (Wildman–Crippen LogP) is 2.86. The van der Waals surface area contributed by atoms with Crippen molar-refractivity contribution in [3.8, 4) is 0 Å². The van der Waals surface area contributed by atoms with Crippen LogP contribution in [0.2, 0.25) is 13.1 Å². The predicted molar refractivity (Wildman–Crippen MR) is 76.5 cm³/mol. The van der Waals surface area contributed by atoms with E-state index in [1.54, 1.807) is 0 Å². The molecule has 3 nitrogen and oxygen atoms in total. The van der Waals surface area contributed by atoms with Crippen molar-refractivity contribution in [2.75, 3.05) is 6.61 Å². The van der Waals surface area contributed by atoms with Gasteiger partial charge in [-0.15, -0.1) is 0 Å². The van der Waals surface area contributed by atoms with E-state index in [0.717, 1.165) is 19.4 Å². The molecule has 1 saturated heterocycles. The molecule has 1 aliphatic heterocycles. The van der Waals surface area contributed by atoms with E-state index in [1.165, 1.54) is 0 Å². The lowest BCUT2D eigenvalue weighted by molar-refractivity contribution is -0.133. The lowest BCUT2D eigenvalue weighted by Crippen LogP contribution is -2.35. The molecule has 0 aromatic heterocycles. The molecule has 2 unspecified atom stereocenters. The number of hydrogen-bond donors (Lipinski definition) is 1. The van der Waals surface area contributed by atoms with Crippen LogP contribution in [0.25, 0.3) is 0 Å². The smallest absolute Gasteiger partial charge is 0.331 e. The summed E-state index contributed by atoms with van der Waals surface area (Å²) in [5, 5.41) is 9.32. The van der Waals surface area contributed by atoms with Crippen molar-refractivity contribution in [3.63, 3.8) is 0 Å². The third-order valence-electron chi connectivity index (χ3n) is 3.54. The van der Waals surface area contributed by atoms with Crippen LogP contribution in [0.3, 0.4) is 0 Å². The molecule has 0 saturated carbocycles. The lowest BCUT2D eigenvalue weighted by Gasteiger charge is -2.31. The fraction of sp³-hybridized carbons (Fsp3) is 0.786. The summed E-state index contributed by atoms with van der Waals surface area (Å²) >= 11 is 0. The average molecular weight is 270 g/mol. The van der Waals surface area contributed by atoms with Crippen molar-refractivity contribution in [2.45, 2.75) is 52.4 Å². The number of carbonyl (C=O) groups is 1. The van der Waals surface area contributed by atoms with E-state index < -0.39 is 14.8 Å². The summed E-state index contributed by atoms with van der Waals surface area (Å²) in [7, 11) is -0.801. The SMILES string of the molecule is C[SiH](C)C1CC(C=C(C(=O)O)C(C)(C)C)CCO1. The van der Waals surface area contributed by atoms with Gasteiger partial charge in [0, 0.05) is 17.9 Å². The summed E-state index contributed by atoms with van der Waals surface area (Å²) in [6.07, 6.45) is 3.93. The van der Waals surface area contributed by atoms with Crippen LogP contribution in [-0.4, -0.2) is 32.2 Å². The minimum absolute atomic E-state index is 0.297. The highest BCUT2D eigenvalue weighted by molar-refractivity contribution is 6.57. The lowest BCUT2D eigenvalue weighted by atomic mass is 9.83. The van der Waals surface area contributed by atoms with E-state index in [-0.39, 0.29) is 5.41 Å². The minimum atomic E-state index is -0.801. The maximum Gasteiger partial charge on any atom is 0.331 e. The number of hydrogen-bond acceptors (Lipinski definition) is 2. The Morgan fingerprint density at radius 1 is 1.39 bits per heavy atom. The molecule has 104 valence electrons. The number of ether oxygens (including phenoxy) is 1. The van der Waals surface area contributed by atoms with Gasteiger partial charge in [-0.3, -0.25) is 0 Å². The number of aliphatic carboxylic acids is 1. The Labute approximate surface area is 112 Å². The second-order valence-electron chi connectivity index (χ2n) is 6.57. The molecule has 0 amide bonds. The van der Waals surface area contributed by atoms with E-state index in [0.29, 0.717) is 17.2 Å². The highest BCUT2D eigenvalue weighted by atomic mass is 28.3. The molecule has 1 heterocycles. The standard InChI is InChI=1S/C14H26O3Si/c1-14(2,3)11(13(15)16)8-10-6-7-17-12(9-10)18(4)5/h8,10,12,18H,6-7,9H2,1-5H3,(H,15,16). The van der Waals surface area contributed by atoms with Gasteiger partial charge >= 0.3 is 5.97 Å². The van der Waals surface area contributed by atoms with Gasteiger partial charge in [-0.1, -0.05) is 39.9 Å². The average Bonchev–Trinajstić information content (AvgIpc) is 2.24. The molecule has 0 aromatic rings. The summed E-state index contributed by atoms with van der Waals surface area (Å²) in [6, 6.07) is 0. The van der Waals surface area contributed by atoms with Gasteiger partial charge in [0.15, 0.2) is 0 Å². The van der Waals surface area contributed by atoms with Crippen LogP contribution in [0.15, 0.2) is 11.6 Å². The highest BCUT2D eigenvalue weighted by Gasteiger charge is 2.28. The molecule has 1 aliphatic rings. The molecule has 0 spiro atoms. The van der Waals surface area contributed by atoms with Crippen molar-refractivity contribution in [1.82, 2.24) is 0 Å². The van der Waals surface area contributed by atoms with Gasteiger partial charge < -0.3 is 9.84 Å². The normalized spacial score (nSPS) is 26.4. The van der Waals surface area contributed by atoms with Gasteiger partial charge in [0.25, 0.3) is 0 Å².